The molecule has 0 saturated carbocycles. The van der Waals surface area contributed by atoms with E-state index in [2.05, 4.69) is 31.3 Å². The first-order valence-electron chi connectivity index (χ1n) is 8.46. The van der Waals surface area contributed by atoms with Crippen LogP contribution in [0.25, 0.3) is 10.6 Å². The van der Waals surface area contributed by atoms with Crippen molar-refractivity contribution in [3.63, 3.8) is 0 Å². The lowest BCUT2D eigenvalue weighted by Gasteiger charge is -2.08. The van der Waals surface area contributed by atoms with Gasteiger partial charge in [-0.2, -0.15) is 5.10 Å². The summed E-state index contributed by atoms with van der Waals surface area (Å²) in [6.45, 7) is 4.53. The lowest BCUT2D eigenvalue weighted by atomic mass is 10.1. The summed E-state index contributed by atoms with van der Waals surface area (Å²) in [6, 6.07) is 10.8. The highest BCUT2D eigenvalue weighted by molar-refractivity contribution is 9.10. The van der Waals surface area contributed by atoms with Crippen molar-refractivity contribution in [1.82, 2.24) is 20.1 Å². The zero-order valence-electron chi connectivity index (χ0n) is 15.0. The molecule has 2 aromatic heterocycles. The van der Waals surface area contributed by atoms with E-state index in [9.17, 15) is 9.59 Å². The van der Waals surface area contributed by atoms with E-state index >= 15 is 0 Å². The van der Waals surface area contributed by atoms with Gasteiger partial charge in [-0.1, -0.05) is 28.1 Å². The smallest absolute Gasteiger partial charge is 0.266 e. The van der Waals surface area contributed by atoms with Gasteiger partial charge in [0.2, 0.25) is 5.91 Å². The predicted octanol–water partition coefficient (Wildman–Crippen LogP) is 3.11. The fraction of sp³-hybridized carbons (Fsp3) is 0.263. The molecule has 2 heterocycles. The SMILES string of the molecule is Cc1nc(C)c(-c2ccc(=O)n(CCNC(=O)Cc3ccc(Br)cc3)n2)s1. The molecule has 0 aliphatic heterocycles. The van der Waals surface area contributed by atoms with Crippen LogP contribution in [0.3, 0.4) is 0 Å². The monoisotopic (exact) mass is 446 g/mol. The Morgan fingerprint density at radius 3 is 2.59 bits per heavy atom. The Balaban J connectivity index is 1.61. The topological polar surface area (TPSA) is 76.9 Å². The second-order valence-electron chi connectivity index (χ2n) is 6.08. The Kier molecular flexibility index (Phi) is 6.18. The van der Waals surface area contributed by atoms with Crippen LogP contribution in [0.15, 0.2) is 45.7 Å². The Hall–Kier alpha value is -2.32. The summed E-state index contributed by atoms with van der Waals surface area (Å²) in [5.41, 5.74) is 2.36. The van der Waals surface area contributed by atoms with E-state index in [0.29, 0.717) is 19.5 Å². The molecule has 0 radical (unpaired) electrons. The minimum absolute atomic E-state index is 0.0875. The number of amides is 1. The van der Waals surface area contributed by atoms with Crippen molar-refractivity contribution in [1.29, 1.82) is 0 Å². The molecule has 140 valence electrons. The summed E-state index contributed by atoms with van der Waals surface area (Å²) in [5, 5.41) is 8.22. The molecule has 0 bridgehead atoms. The van der Waals surface area contributed by atoms with Crippen LogP contribution in [-0.4, -0.2) is 27.2 Å². The normalized spacial score (nSPS) is 10.8. The molecule has 1 amide bonds. The highest BCUT2D eigenvalue weighted by atomic mass is 79.9. The maximum atomic E-state index is 12.1. The molecule has 1 aromatic carbocycles. The number of halogens is 1. The lowest BCUT2D eigenvalue weighted by Crippen LogP contribution is -2.32. The summed E-state index contributed by atoms with van der Waals surface area (Å²) < 4.78 is 2.35. The quantitative estimate of drug-likeness (QED) is 0.630. The van der Waals surface area contributed by atoms with Gasteiger partial charge in [-0.05, 0) is 37.6 Å². The second kappa shape index (κ2) is 8.58. The number of rotatable bonds is 6. The third kappa shape index (κ3) is 5.11. The van der Waals surface area contributed by atoms with Crippen LogP contribution in [-0.2, 0) is 17.8 Å². The van der Waals surface area contributed by atoms with Crippen LogP contribution in [0.5, 0.6) is 0 Å². The molecule has 6 nitrogen and oxygen atoms in total. The zero-order valence-corrected chi connectivity index (χ0v) is 17.4. The van der Waals surface area contributed by atoms with Gasteiger partial charge in [0, 0.05) is 17.1 Å². The van der Waals surface area contributed by atoms with Crippen molar-refractivity contribution in [2.75, 3.05) is 6.54 Å². The van der Waals surface area contributed by atoms with E-state index in [1.165, 1.54) is 10.7 Å². The molecule has 0 spiro atoms. The molecule has 0 unspecified atom stereocenters. The minimum Gasteiger partial charge on any atom is -0.354 e. The Morgan fingerprint density at radius 1 is 1.19 bits per heavy atom. The van der Waals surface area contributed by atoms with Gasteiger partial charge in [0.05, 0.1) is 28.5 Å². The Bertz CT molecular complexity index is 1010. The molecule has 0 fully saturated rings. The molecule has 0 aliphatic rings. The summed E-state index contributed by atoms with van der Waals surface area (Å²) in [7, 11) is 0. The van der Waals surface area contributed by atoms with Crippen molar-refractivity contribution in [3.05, 3.63) is 67.5 Å². The minimum atomic E-state index is -0.195. The molecule has 0 saturated heterocycles. The predicted molar refractivity (Wildman–Crippen MR) is 110 cm³/mol. The highest BCUT2D eigenvalue weighted by Gasteiger charge is 2.11. The number of nitrogens with zero attached hydrogens (tertiary/aromatic N) is 3. The summed E-state index contributed by atoms with van der Waals surface area (Å²) in [5.74, 6) is -0.0875. The zero-order chi connectivity index (χ0) is 19.4. The van der Waals surface area contributed by atoms with Crippen molar-refractivity contribution < 1.29 is 4.79 Å². The molecule has 1 N–H and O–H groups in total. The second-order valence-corrected chi connectivity index (χ2v) is 8.20. The number of thiazole rings is 1. The number of benzene rings is 1. The first-order chi connectivity index (χ1) is 12.9. The van der Waals surface area contributed by atoms with Gasteiger partial charge in [0.15, 0.2) is 0 Å². The molecule has 0 aliphatic carbocycles. The average Bonchev–Trinajstić information content (AvgIpc) is 2.97. The first-order valence-corrected chi connectivity index (χ1v) is 10.1. The largest absolute Gasteiger partial charge is 0.354 e. The molecular weight excluding hydrogens is 428 g/mol. The Morgan fingerprint density at radius 2 is 1.93 bits per heavy atom. The van der Waals surface area contributed by atoms with E-state index in [-0.39, 0.29) is 11.5 Å². The Labute approximate surface area is 169 Å². The number of hydrogen-bond acceptors (Lipinski definition) is 5. The van der Waals surface area contributed by atoms with Crippen molar-refractivity contribution in [2.45, 2.75) is 26.8 Å². The van der Waals surface area contributed by atoms with Crippen molar-refractivity contribution >= 4 is 33.2 Å². The van der Waals surface area contributed by atoms with E-state index < -0.39 is 0 Å². The molecule has 27 heavy (non-hydrogen) atoms. The summed E-state index contributed by atoms with van der Waals surface area (Å²) in [6.07, 6.45) is 0.301. The summed E-state index contributed by atoms with van der Waals surface area (Å²) in [4.78, 5) is 29.5. The molecule has 0 atom stereocenters. The molecular formula is C19H19BrN4O2S. The van der Waals surface area contributed by atoms with Gasteiger partial charge in [0.25, 0.3) is 5.56 Å². The van der Waals surface area contributed by atoms with Crippen LogP contribution in [0.1, 0.15) is 16.3 Å². The van der Waals surface area contributed by atoms with E-state index in [4.69, 9.17) is 0 Å². The van der Waals surface area contributed by atoms with Gasteiger partial charge in [0.1, 0.15) is 5.69 Å². The fourth-order valence-corrected chi connectivity index (χ4v) is 3.80. The molecule has 3 aromatic rings. The maximum Gasteiger partial charge on any atom is 0.266 e. The third-order valence-corrected chi connectivity index (χ3v) is 5.55. The number of aryl methyl sites for hydroxylation is 2. The van der Waals surface area contributed by atoms with Gasteiger partial charge in [-0.15, -0.1) is 11.3 Å². The number of carbonyl (C=O) groups excluding carboxylic acids is 1. The number of nitrogens with one attached hydrogen (secondary N) is 1. The number of aromatic nitrogens is 3. The maximum absolute atomic E-state index is 12.1. The lowest BCUT2D eigenvalue weighted by molar-refractivity contribution is -0.120. The van der Waals surface area contributed by atoms with Gasteiger partial charge < -0.3 is 5.32 Å². The van der Waals surface area contributed by atoms with Crippen LogP contribution < -0.4 is 10.9 Å². The highest BCUT2D eigenvalue weighted by Crippen LogP contribution is 2.27. The van der Waals surface area contributed by atoms with Crippen LogP contribution in [0, 0.1) is 13.8 Å². The first kappa shape index (κ1) is 19.4. The number of carbonyl (C=O) groups is 1. The van der Waals surface area contributed by atoms with Gasteiger partial charge >= 0.3 is 0 Å². The van der Waals surface area contributed by atoms with Crippen LogP contribution >= 0.6 is 27.3 Å². The third-order valence-electron chi connectivity index (χ3n) is 3.93. The summed E-state index contributed by atoms with van der Waals surface area (Å²) >= 11 is 4.92. The van der Waals surface area contributed by atoms with Gasteiger partial charge in [-0.3, -0.25) is 9.59 Å². The van der Waals surface area contributed by atoms with Crippen LogP contribution in [0.4, 0.5) is 0 Å². The fourth-order valence-electron chi connectivity index (χ4n) is 2.65. The van der Waals surface area contributed by atoms with E-state index in [1.807, 2.05) is 38.1 Å². The van der Waals surface area contributed by atoms with Gasteiger partial charge in [-0.25, -0.2) is 9.67 Å². The molecule has 8 heteroatoms. The van der Waals surface area contributed by atoms with E-state index in [1.54, 1.807) is 17.4 Å². The van der Waals surface area contributed by atoms with E-state index in [0.717, 1.165) is 31.3 Å². The average molecular weight is 447 g/mol. The standard InChI is InChI=1S/C19H19BrN4O2S/c1-12-19(27-13(2)22-12)16-7-8-18(26)24(23-16)10-9-21-17(25)11-14-3-5-15(20)6-4-14/h3-8H,9-11H2,1-2H3,(H,21,25). The number of hydrogen-bond donors (Lipinski definition) is 1. The van der Waals surface area contributed by atoms with Crippen molar-refractivity contribution in [2.24, 2.45) is 0 Å². The van der Waals surface area contributed by atoms with Crippen LogP contribution in [0.2, 0.25) is 0 Å². The van der Waals surface area contributed by atoms with Crippen molar-refractivity contribution in [3.8, 4) is 10.6 Å². The molecule has 3 rings (SSSR count).